The lowest BCUT2D eigenvalue weighted by Gasteiger charge is -2.08. The van der Waals surface area contributed by atoms with Crippen molar-refractivity contribution in [1.82, 2.24) is 10.6 Å². The largest absolute Gasteiger partial charge is 0.350 e. The summed E-state index contributed by atoms with van der Waals surface area (Å²) in [5, 5.41) is 7.99. The Morgan fingerprint density at radius 1 is 1.50 bits per heavy atom. The quantitative estimate of drug-likeness (QED) is 0.726. The molecule has 3 nitrogen and oxygen atoms in total. The van der Waals surface area contributed by atoms with Gasteiger partial charge in [-0.05, 0) is 11.4 Å². The van der Waals surface area contributed by atoms with Gasteiger partial charge in [0.25, 0.3) is 5.91 Å². The lowest BCUT2D eigenvalue weighted by Crippen LogP contribution is -2.34. The van der Waals surface area contributed by atoms with Gasteiger partial charge in [-0.1, -0.05) is 19.9 Å². The Morgan fingerprint density at radius 3 is 2.86 bits per heavy atom. The number of amides is 1. The van der Waals surface area contributed by atoms with Crippen LogP contribution in [0, 0.1) is 0 Å². The first-order chi connectivity index (χ1) is 6.70. The zero-order valence-corrected chi connectivity index (χ0v) is 9.36. The minimum absolute atomic E-state index is 0.0190. The second-order valence-corrected chi connectivity index (χ2v) is 4.29. The Kier molecular flexibility index (Phi) is 4.62. The SMILES string of the molecule is CC(C)NCCNC(=O)c1cccs1. The van der Waals surface area contributed by atoms with E-state index in [2.05, 4.69) is 24.5 Å². The van der Waals surface area contributed by atoms with Gasteiger partial charge in [0, 0.05) is 19.1 Å². The normalized spacial score (nSPS) is 10.5. The van der Waals surface area contributed by atoms with Crippen LogP contribution in [0.3, 0.4) is 0 Å². The van der Waals surface area contributed by atoms with Crippen molar-refractivity contribution in [2.24, 2.45) is 0 Å². The smallest absolute Gasteiger partial charge is 0.261 e. The maximum Gasteiger partial charge on any atom is 0.261 e. The van der Waals surface area contributed by atoms with Crippen molar-refractivity contribution in [3.63, 3.8) is 0 Å². The van der Waals surface area contributed by atoms with E-state index >= 15 is 0 Å². The number of thiophene rings is 1. The molecule has 0 radical (unpaired) electrons. The van der Waals surface area contributed by atoms with Crippen LogP contribution in [0.2, 0.25) is 0 Å². The summed E-state index contributed by atoms with van der Waals surface area (Å²) in [6.45, 7) is 5.66. The molecule has 1 heterocycles. The van der Waals surface area contributed by atoms with Gasteiger partial charge >= 0.3 is 0 Å². The number of hydrogen-bond donors (Lipinski definition) is 2. The second kappa shape index (κ2) is 5.78. The third kappa shape index (κ3) is 3.89. The Balaban J connectivity index is 2.16. The van der Waals surface area contributed by atoms with E-state index in [9.17, 15) is 4.79 Å². The van der Waals surface area contributed by atoms with E-state index in [1.54, 1.807) is 0 Å². The van der Waals surface area contributed by atoms with Crippen LogP contribution in [0.1, 0.15) is 23.5 Å². The fourth-order valence-corrected chi connectivity index (χ4v) is 1.67. The molecule has 14 heavy (non-hydrogen) atoms. The van der Waals surface area contributed by atoms with Gasteiger partial charge in [0.1, 0.15) is 0 Å². The number of hydrogen-bond acceptors (Lipinski definition) is 3. The standard InChI is InChI=1S/C10H16N2OS/c1-8(2)11-5-6-12-10(13)9-4-3-7-14-9/h3-4,7-8,11H,5-6H2,1-2H3,(H,12,13). The molecule has 78 valence electrons. The molecule has 0 bridgehead atoms. The van der Waals surface area contributed by atoms with E-state index in [0.717, 1.165) is 11.4 Å². The van der Waals surface area contributed by atoms with Crippen LogP contribution in [0.25, 0.3) is 0 Å². The van der Waals surface area contributed by atoms with Gasteiger partial charge in [-0.2, -0.15) is 0 Å². The molecule has 2 N–H and O–H groups in total. The molecule has 1 aromatic rings. The van der Waals surface area contributed by atoms with E-state index < -0.39 is 0 Å². The van der Waals surface area contributed by atoms with Crippen molar-refractivity contribution >= 4 is 17.2 Å². The lowest BCUT2D eigenvalue weighted by molar-refractivity contribution is 0.0957. The van der Waals surface area contributed by atoms with Crippen molar-refractivity contribution in [3.8, 4) is 0 Å². The van der Waals surface area contributed by atoms with Crippen LogP contribution in [0.5, 0.6) is 0 Å². The van der Waals surface area contributed by atoms with Crippen molar-refractivity contribution in [1.29, 1.82) is 0 Å². The summed E-state index contributed by atoms with van der Waals surface area (Å²) in [6.07, 6.45) is 0. The molecule has 4 heteroatoms. The molecule has 0 unspecified atom stereocenters. The molecule has 0 atom stereocenters. The third-order valence-electron chi connectivity index (χ3n) is 1.71. The molecular weight excluding hydrogens is 196 g/mol. The Bertz CT molecular complexity index is 270. The van der Waals surface area contributed by atoms with Gasteiger partial charge in [-0.15, -0.1) is 11.3 Å². The highest BCUT2D eigenvalue weighted by Crippen LogP contribution is 2.07. The zero-order chi connectivity index (χ0) is 10.4. The molecule has 1 amide bonds. The first kappa shape index (κ1) is 11.2. The number of rotatable bonds is 5. The summed E-state index contributed by atoms with van der Waals surface area (Å²) in [5.74, 6) is 0.0190. The average Bonchev–Trinajstić information content (AvgIpc) is 2.64. The summed E-state index contributed by atoms with van der Waals surface area (Å²) in [4.78, 5) is 12.2. The number of carbonyl (C=O) groups excluding carboxylic acids is 1. The maximum absolute atomic E-state index is 11.4. The van der Waals surface area contributed by atoms with Gasteiger partial charge in [0.15, 0.2) is 0 Å². The van der Waals surface area contributed by atoms with Crippen molar-refractivity contribution in [2.75, 3.05) is 13.1 Å². The summed E-state index contributed by atoms with van der Waals surface area (Å²) in [7, 11) is 0. The Morgan fingerprint density at radius 2 is 2.29 bits per heavy atom. The van der Waals surface area contributed by atoms with E-state index in [1.165, 1.54) is 11.3 Å². The molecule has 0 aliphatic carbocycles. The molecule has 0 spiro atoms. The topological polar surface area (TPSA) is 41.1 Å². The molecular formula is C10H16N2OS. The van der Waals surface area contributed by atoms with Crippen LogP contribution in [-0.2, 0) is 0 Å². The van der Waals surface area contributed by atoms with E-state index in [0.29, 0.717) is 12.6 Å². The van der Waals surface area contributed by atoms with Gasteiger partial charge in [0.2, 0.25) is 0 Å². The molecule has 0 aliphatic rings. The minimum atomic E-state index is 0.0190. The first-order valence-corrected chi connectivity index (χ1v) is 5.63. The van der Waals surface area contributed by atoms with Crippen LogP contribution in [-0.4, -0.2) is 25.0 Å². The Hall–Kier alpha value is -0.870. The second-order valence-electron chi connectivity index (χ2n) is 3.34. The van der Waals surface area contributed by atoms with Gasteiger partial charge in [0.05, 0.1) is 4.88 Å². The van der Waals surface area contributed by atoms with E-state index in [4.69, 9.17) is 0 Å². The highest BCUT2D eigenvalue weighted by atomic mass is 32.1. The van der Waals surface area contributed by atoms with Gasteiger partial charge in [-0.25, -0.2) is 0 Å². The summed E-state index contributed by atoms with van der Waals surface area (Å²) in [6, 6.07) is 4.18. The summed E-state index contributed by atoms with van der Waals surface area (Å²) < 4.78 is 0. The predicted molar refractivity (Wildman–Crippen MR) is 59.8 cm³/mol. The van der Waals surface area contributed by atoms with Crippen LogP contribution in [0.4, 0.5) is 0 Å². The zero-order valence-electron chi connectivity index (χ0n) is 8.54. The highest BCUT2D eigenvalue weighted by Gasteiger charge is 2.04. The van der Waals surface area contributed by atoms with Crippen molar-refractivity contribution in [3.05, 3.63) is 22.4 Å². The predicted octanol–water partition coefficient (Wildman–Crippen LogP) is 1.48. The van der Waals surface area contributed by atoms with Crippen molar-refractivity contribution in [2.45, 2.75) is 19.9 Å². The van der Waals surface area contributed by atoms with Crippen molar-refractivity contribution < 1.29 is 4.79 Å². The summed E-state index contributed by atoms with van der Waals surface area (Å²) >= 11 is 1.46. The van der Waals surface area contributed by atoms with E-state index in [-0.39, 0.29) is 5.91 Å². The number of nitrogens with one attached hydrogen (secondary N) is 2. The Labute approximate surface area is 88.5 Å². The molecule has 0 fully saturated rings. The monoisotopic (exact) mass is 212 g/mol. The maximum atomic E-state index is 11.4. The molecule has 0 aromatic carbocycles. The fourth-order valence-electron chi connectivity index (χ4n) is 1.03. The molecule has 0 saturated heterocycles. The van der Waals surface area contributed by atoms with Crippen LogP contribution < -0.4 is 10.6 Å². The van der Waals surface area contributed by atoms with Crippen LogP contribution in [0.15, 0.2) is 17.5 Å². The summed E-state index contributed by atoms with van der Waals surface area (Å²) in [5.41, 5.74) is 0. The molecule has 0 aliphatic heterocycles. The number of carbonyl (C=O) groups is 1. The minimum Gasteiger partial charge on any atom is -0.350 e. The van der Waals surface area contributed by atoms with Gasteiger partial charge < -0.3 is 10.6 Å². The van der Waals surface area contributed by atoms with Gasteiger partial charge in [-0.3, -0.25) is 4.79 Å². The molecule has 1 rings (SSSR count). The first-order valence-electron chi connectivity index (χ1n) is 4.75. The van der Waals surface area contributed by atoms with E-state index in [1.807, 2.05) is 17.5 Å². The molecule has 0 saturated carbocycles. The average molecular weight is 212 g/mol. The molecule has 1 aromatic heterocycles. The third-order valence-corrected chi connectivity index (χ3v) is 2.58. The lowest BCUT2D eigenvalue weighted by atomic mass is 10.4. The fraction of sp³-hybridized carbons (Fsp3) is 0.500. The van der Waals surface area contributed by atoms with Crippen LogP contribution >= 0.6 is 11.3 Å². The highest BCUT2D eigenvalue weighted by molar-refractivity contribution is 7.12.